The molecule has 1 aliphatic rings. The Kier molecular flexibility index (Phi) is 3.58. The minimum atomic E-state index is 0.657. The van der Waals surface area contributed by atoms with E-state index >= 15 is 0 Å². The Morgan fingerprint density at radius 2 is 2.10 bits per heavy atom. The van der Waals surface area contributed by atoms with Gasteiger partial charge in [-0.1, -0.05) is 36.4 Å². The van der Waals surface area contributed by atoms with E-state index in [1.165, 1.54) is 5.57 Å². The molecular weight excluding hydrogens is 252 g/mol. The van der Waals surface area contributed by atoms with E-state index in [0.717, 1.165) is 30.0 Å². The van der Waals surface area contributed by atoms with Crippen molar-refractivity contribution in [2.75, 3.05) is 7.11 Å². The van der Waals surface area contributed by atoms with E-state index in [1.807, 2.05) is 41.1 Å². The van der Waals surface area contributed by atoms with Crippen molar-refractivity contribution in [1.82, 2.24) is 20.2 Å². The summed E-state index contributed by atoms with van der Waals surface area (Å²) in [4.78, 5) is 0. The minimum absolute atomic E-state index is 0.657. The number of nitrogens with zero attached hydrogens (tertiary/aromatic N) is 4. The molecule has 5 heteroatoms. The average molecular weight is 268 g/mol. The molecule has 0 fully saturated rings. The lowest BCUT2D eigenvalue weighted by Gasteiger charge is -2.15. The highest BCUT2D eigenvalue weighted by atomic mass is 16.5. The fourth-order valence-electron chi connectivity index (χ4n) is 2.34. The summed E-state index contributed by atoms with van der Waals surface area (Å²) in [5.74, 6) is 1.70. The number of rotatable bonds is 4. The van der Waals surface area contributed by atoms with Gasteiger partial charge in [0.15, 0.2) is 5.82 Å². The number of hydrogen-bond acceptors (Lipinski definition) is 4. The van der Waals surface area contributed by atoms with Crippen LogP contribution in [0.5, 0.6) is 0 Å². The summed E-state index contributed by atoms with van der Waals surface area (Å²) >= 11 is 0. The van der Waals surface area contributed by atoms with Gasteiger partial charge in [0.25, 0.3) is 0 Å². The van der Waals surface area contributed by atoms with E-state index in [-0.39, 0.29) is 0 Å². The van der Waals surface area contributed by atoms with Gasteiger partial charge in [-0.05, 0) is 34.9 Å². The molecule has 3 rings (SSSR count). The highest BCUT2D eigenvalue weighted by Crippen LogP contribution is 2.23. The van der Waals surface area contributed by atoms with Crippen LogP contribution in [0, 0.1) is 0 Å². The van der Waals surface area contributed by atoms with Crippen molar-refractivity contribution in [3.05, 3.63) is 53.8 Å². The third kappa shape index (κ3) is 2.47. The van der Waals surface area contributed by atoms with Crippen LogP contribution in [0.3, 0.4) is 0 Å². The molecule has 1 aromatic carbocycles. The van der Waals surface area contributed by atoms with Crippen LogP contribution < -0.4 is 0 Å². The zero-order valence-corrected chi connectivity index (χ0v) is 11.4. The highest BCUT2D eigenvalue weighted by Gasteiger charge is 2.14. The Morgan fingerprint density at radius 3 is 2.90 bits per heavy atom. The molecule has 102 valence electrons. The van der Waals surface area contributed by atoms with Crippen LogP contribution in [0.15, 0.2) is 53.8 Å². The van der Waals surface area contributed by atoms with Gasteiger partial charge in [0.1, 0.15) is 5.76 Å². The van der Waals surface area contributed by atoms with E-state index in [2.05, 4.69) is 21.6 Å². The Morgan fingerprint density at radius 1 is 1.25 bits per heavy atom. The van der Waals surface area contributed by atoms with Crippen LogP contribution in [0.25, 0.3) is 11.4 Å². The molecule has 1 aromatic heterocycles. The van der Waals surface area contributed by atoms with Crippen molar-refractivity contribution in [2.45, 2.75) is 19.4 Å². The molecule has 1 aliphatic carbocycles. The first-order valence-electron chi connectivity index (χ1n) is 6.62. The summed E-state index contributed by atoms with van der Waals surface area (Å²) in [5.41, 5.74) is 2.24. The van der Waals surface area contributed by atoms with E-state index in [4.69, 9.17) is 4.74 Å². The van der Waals surface area contributed by atoms with Crippen molar-refractivity contribution in [1.29, 1.82) is 0 Å². The number of methoxy groups -OCH3 is 1. The second-order valence-corrected chi connectivity index (χ2v) is 4.64. The van der Waals surface area contributed by atoms with Crippen molar-refractivity contribution in [2.24, 2.45) is 0 Å². The molecule has 0 atom stereocenters. The lowest BCUT2D eigenvalue weighted by atomic mass is 10.0. The quantitative estimate of drug-likeness (QED) is 0.855. The first kappa shape index (κ1) is 12.6. The van der Waals surface area contributed by atoms with E-state index < -0.39 is 0 Å². The zero-order chi connectivity index (χ0) is 13.8. The number of hydrogen-bond donors (Lipinski definition) is 0. The number of aromatic nitrogens is 4. The van der Waals surface area contributed by atoms with Crippen LogP contribution in [-0.4, -0.2) is 27.3 Å². The molecule has 0 spiro atoms. The number of tetrazole rings is 1. The number of benzene rings is 1. The molecule has 0 amide bonds. The second-order valence-electron chi connectivity index (χ2n) is 4.64. The highest BCUT2D eigenvalue weighted by molar-refractivity contribution is 5.54. The summed E-state index contributed by atoms with van der Waals surface area (Å²) < 4.78 is 7.23. The summed E-state index contributed by atoms with van der Waals surface area (Å²) in [6.45, 7) is 0.657. The van der Waals surface area contributed by atoms with Crippen molar-refractivity contribution < 1.29 is 4.74 Å². The Bertz CT molecular complexity index is 643. The normalized spacial score (nSPS) is 14.7. The molecule has 2 aromatic rings. The lowest BCUT2D eigenvalue weighted by molar-refractivity contribution is 0.295. The standard InChI is InChI=1S/C15H16N4O/c1-20-14-10-6-5-9-13(14)11-19-15(16-17-18-19)12-7-3-2-4-8-12/h2-4,6-8,10H,5,9,11H2,1H3. The number of ether oxygens (including phenoxy) is 1. The maximum atomic E-state index is 5.41. The number of allylic oxidation sites excluding steroid dienone is 3. The van der Waals surface area contributed by atoms with Gasteiger partial charge < -0.3 is 4.74 Å². The van der Waals surface area contributed by atoms with Gasteiger partial charge in [0, 0.05) is 5.56 Å². The molecule has 0 aliphatic heterocycles. The maximum Gasteiger partial charge on any atom is 0.182 e. The maximum absolute atomic E-state index is 5.41. The predicted octanol–water partition coefficient (Wildman–Crippen LogP) is 2.59. The first-order chi connectivity index (χ1) is 9.88. The van der Waals surface area contributed by atoms with Gasteiger partial charge in [-0.15, -0.1) is 5.10 Å². The second kappa shape index (κ2) is 5.69. The van der Waals surface area contributed by atoms with Crippen LogP contribution in [0.4, 0.5) is 0 Å². The van der Waals surface area contributed by atoms with Crippen LogP contribution in [0.1, 0.15) is 12.8 Å². The Hall–Kier alpha value is -2.43. The smallest absolute Gasteiger partial charge is 0.182 e. The Labute approximate surface area is 117 Å². The van der Waals surface area contributed by atoms with E-state index in [9.17, 15) is 0 Å². The van der Waals surface area contributed by atoms with E-state index in [0.29, 0.717) is 6.54 Å². The summed E-state index contributed by atoms with van der Waals surface area (Å²) in [6.07, 6.45) is 6.16. The third-order valence-electron chi connectivity index (χ3n) is 3.35. The van der Waals surface area contributed by atoms with Crippen molar-refractivity contribution >= 4 is 0 Å². The van der Waals surface area contributed by atoms with Gasteiger partial charge >= 0.3 is 0 Å². The fourth-order valence-corrected chi connectivity index (χ4v) is 2.34. The Balaban J connectivity index is 1.91. The van der Waals surface area contributed by atoms with Gasteiger partial charge in [-0.25, -0.2) is 4.68 Å². The van der Waals surface area contributed by atoms with Gasteiger partial charge in [0.2, 0.25) is 0 Å². The van der Waals surface area contributed by atoms with Crippen LogP contribution in [-0.2, 0) is 11.3 Å². The average Bonchev–Trinajstić information content (AvgIpc) is 2.97. The summed E-state index contributed by atoms with van der Waals surface area (Å²) in [7, 11) is 1.70. The summed E-state index contributed by atoms with van der Waals surface area (Å²) in [6, 6.07) is 9.97. The molecule has 0 bridgehead atoms. The third-order valence-corrected chi connectivity index (χ3v) is 3.35. The van der Waals surface area contributed by atoms with Crippen LogP contribution in [0.2, 0.25) is 0 Å². The lowest BCUT2D eigenvalue weighted by Crippen LogP contribution is -2.09. The monoisotopic (exact) mass is 268 g/mol. The predicted molar refractivity (Wildman–Crippen MR) is 75.7 cm³/mol. The SMILES string of the molecule is COC1=C(Cn2nnnc2-c2ccccc2)CCC=C1. The van der Waals surface area contributed by atoms with E-state index in [1.54, 1.807) is 7.11 Å². The molecule has 0 unspecified atom stereocenters. The molecule has 0 saturated carbocycles. The topological polar surface area (TPSA) is 52.8 Å². The molecule has 1 heterocycles. The first-order valence-corrected chi connectivity index (χ1v) is 6.62. The molecule has 0 radical (unpaired) electrons. The molecule has 20 heavy (non-hydrogen) atoms. The van der Waals surface area contributed by atoms with Crippen molar-refractivity contribution in [3.63, 3.8) is 0 Å². The zero-order valence-electron chi connectivity index (χ0n) is 11.4. The molecule has 0 N–H and O–H groups in total. The fraction of sp³-hybridized carbons (Fsp3) is 0.267. The van der Waals surface area contributed by atoms with Crippen molar-refractivity contribution in [3.8, 4) is 11.4 Å². The molecular formula is C15H16N4O. The largest absolute Gasteiger partial charge is 0.497 e. The molecule has 0 saturated heterocycles. The van der Waals surface area contributed by atoms with Gasteiger partial charge in [-0.2, -0.15) is 0 Å². The minimum Gasteiger partial charge on any atom is -0.497 e. The van der Waals surface area contributed by atoms with Gasteiger partial charge in [-0.3, -0.25) is 0 Å². The van der Waals surface area contributed by atoms with Gasteiger partial charge in [0.05, 0.1) is 13.7 Å². The summed E-state index contributed by atoms with van der Waals surface area (Å²) in [5, 5.41) is 12.0. The molecule has 5 nitrogen and oxygen atoms in total. The van der Waals surface area contributed by atoms with Crippen LogP contribution >= 0.6 is 0 Å².